The van der Waals surface area contributed by atoms with E-state index in [-0.39, 0.29) is 0 Å². The van der Waals surface area contributed by atoms with E-state index >= 15 is 0 Å². The van der Waals surface area contributed by atoms with Crippen LogP contribution in [-0.2, 0) is 4.74 Å². The lowest BCUT2D eigenvalue weighted by molar-refractivity contribution is 0.0889. The van der Waals surface area contributed by atoms with E-state index in [9.17, 15) is 0 Å². The third kappa shape index (κ3) is 2.27. The van der Waals surface area contributed by atoms with Crippen molar-refractivity contribution in [3.63, 3.8) is 0 Å². The van der Waals surface area contributed by atoms with Crippen molar-refractivity contribution < 1.29 is 4.74 Å². The molecule has 1 heterocycles. The fourth-order valence-corrected chi connectivity index (χ4v) is 1.42. The molecule has 0 radical (unpaired) electrons. The summed E-state index contributed by atoms with van der Waals surface area (Å²) in [6, 6.07) is 0. The molecule has 1 saturated heterocycles. The van der Waals surface area contributed by atoms with Crippen molar-refractivity contribution in [2.75, 3.05) is 33.4 Å². The van der Waals surface area contributed by atoms with E-state index in [1.807, 2.05) is 0 Å². The minimum Gasteiger partial charge on any atom is -0.380 e. The Balaban J connectivity index is 2.46. The third-order valence-corrected chi connectivity index (χ3v) is 1.81. The van der Waals surface area contributed by atoms with E-state index in [0.717, 1.165) is 26.3 Å². The minimum absolute atomic E-state index is 0.339. The lowest BCUT2D eigenvalue weighted by Crippen LogP contribution is -2.31. The Kier molecular flexibility index (Phi) is 2.32. The molecule has 1 aliphatic rings. The second-order valence-electron chi connectivity index (χ2n) is 3.95. The molecular formula is C8H17NO. The maximum atomic E-state index is 5.44. The van der Waals surface area contributed by atoms with Gasteiger partial charge in [-0.25, -0.2) is 0 Å². The molecule has 0 amide bonds. The number of nitrogens with zero attached hydrogens (tertiary/aromatic N) is 1. The zero-order valence-electron chi connectivity index (χ0n) is 7.18. The van der Waals surface area contributed by atoms with Crippen molar-refractivity contribution in [1.29, 1.82) is 0 Å². The average Bonchev–Trinajstić information content (AvgIpc) is 1.90. The van der Waals surface area contributed by atoms with Crippen molar-refractivity contribution in [3.05, 3.63) is 0 Å². The number of rotatable bonds is 0. The number of hydrogen-bond acceptors (Lipinski definition) is 2. The van der Waals surface area contributed by atoms with Gasteiger partial charge in [-0.1, -0.05) is 13.8 Å². The maximum absolute atomic E-state index is 5.44. The van der Waals surface area contributed by atoms with E-state index in [1.165, 1.54) is 0 Å². The monoisotopic (exact) mass is 143 g/mol. The molecular weight excluding hydrogens is 126 g/mol. The Morgan fingerprint density at radius 2 is 2.10 bits per heavy atom. The normalized spacial score (nSPS) is 27.9. The Hall–Kier alpha value is -0.0800. The van der Waals surface area contributed by atoms with Crippen LogP contribution in [0.4, 0.5) is 0 Å². The van der Waals surface area contributed by atoms with Crippen molar-refractivity contribution in [1.82, 2.24) is 4.90 Å². The van der Waals surface area contributed by atoms with Gasteiger partial charge in [0.25, 0.3) is 0 Å². The van der Waals surface area contributed by atoms with Gasteiger partial charge in [0.15, 0.2) is 0 Å². The van der Waals surface area contributed by atoms with E-state index < -0.39 is 0 Å². The van der Waals surface area contributed by atoms with E-state index in [4.69, 9.17) is 4.74 Å². The number of ether oxygens (including phenoxy) is 1. The lowest BCUT2D eigenvalue weighted by atomic mass is 9.95. The highest BCUT2D eigenvalue weighted by Crippen LogP contribution is 2.18. The zero-order valence-corrected chi connectivity index (χ0v) is 7.18. The summed E-state index contributed by atoms with van der Waals surface area (Å²) in [5.41, 5.74) is 0.339. The van der Waals surface area contributed by atoms with Crippen molar-refractivity contribution in [2.45, 2.75) is 13.8 Å². The summed E-state index contributed by atoms with van der Waals surface area (Å²) >= 11 is 0. The molecule has 2 heteroatoms. The summed E-state index contributed by atoms with van der Waals surface area (Å²) in [7, 11) is 2.15. The maximum Gasteiger partial charge on any atom is 0.0593 e. The molecule has 0 saturated carbocycles. The summed E-state index contributed by atoms with van der Waals surface area (Å²) in [6.07, 6.45) is 0. The Morgan fingerprint density at radius 3 is 2.80 bits per heavy atom. The quantitative estimate of drug-likeness (QED) is 0.501. The largest absolute Gasteiger partial charge is 0.380 e. The van der Waals surface area contributed by atoms with Crippen molar-refractivity contribution >= 4 is 0 Å². The molecule has 0 spiro atoms. The second kappa shape index (κ2) is 2.89. The molecule has 0 aromatic rings. The van der Waals surface area contributed by atoms with E-state index in [0.29, 0.717) is 5.41 Å². The second-order valence-corrected chi connectivity index (χ2v) is 3.95. The molecule has 0 N–H and O–H groups in total. The highest BCUT2D eigenvalue weighted by molar-refractivity contribution is 4.74. The molecule has 1 aliphatic heterocycles. The van der Waals surface area contributed by atoms with Crippen LogP contribution in [0.2, 0.25) is 0 Å². The van der Waals surface area contributed by atoms with Crippen LogP contribution in [0.5, 0.6) is 0 Å². The summed E-state index contributed by atoms with van der Waals surface area (Å²) in [4.78, 5) is 2.33. The molecule has 0 aliphatic carbocycles. The molecule has 0 bridgehead atoms. The fourth-order valence-electron chi connectivity index (χ4n) is 1.42. The molecule has 0 unspecified atom stereocenters. The predicted molar refractivity (Wildman–Crippen MR) is 42.1 cm³/mol. The number of hydrogen-bond donors (Lipinski definition) is 0. The van der Waals surface area contributed by atoms with Crippen molar-refractivity contribution in [2.24, 2.45) is 5.41 Å². The van der Waals surface area contributed by atoms with Crippen LogP contribution in [0.15, 0.2) is 0 Å². The van der Waals surface area contributed by atoms with Gasteiger partial charge in [0.1, 0.15) is 0 Å². The summed E-state index contributed by atoms with van der Waals surface area (Å²) in [5, 5.41) is 0. The summed E-state index contributed by atoms with van der Waals surface area (Å²) in [5.74, 6) is 0. The summed E-state index contributed by atoms with van der Waals surface area (Å²) < 4.78 is 5.44. The SMILES string of the molecule is CN1CCOCC(C)(C)C1. The van der Waals surface area contributed by atoms with Gasteiger partial charge < -0.3 is 9.64 Å². The Morgan fingerprint density at radius 1 is 1.40 bits per heavy atom. The first-order valence-corrected chi connectivity index (χ1v) is 3.86. The zero-order chi connectivity index (χ0) is 7.61. The van der Waals surface area contributed by atoms with Crippen LogP contribution < -0.4 is 0 Å². The first kappa shape index (κ1) is 8.02. The smallest absolute Gasteiger partial charge is 0.0593 e. The highest BCUT2D eigenvalue weighted by Gasteiger charge is 2.22. The van der Waals surface area contributed by atoms with Gasteiger partial charge in [-0.3, -0.25) is 0 Å². The Bertz CT molecular complexity index is 112. The van der Waals surface area contributed by atoms with Gasteiger partial charge >= 0.3 is 0 Å². The molecule has 1 rings (SSSR count). The van der Waals surface area contributed by atoms with Crippen LogP contribution >= 0.6 is 0 Å². The van der Waals surface area contributed by atoms with Crippen LogP contribution in [0.3, 0.4) is 0 Å². The average molecular weight is 143 g/mol. The topological polar surface area (TPSA) is 12.5 Å². The van der Waals surface area contributed by atoms with E-state index in [2.05, 4.69) is 25.8 Å². The molecule has 60 valence electrons. The van der Waals surface area contributed by atoms with Crippen LogP contribution in [0.1, 0.15) is 13.8 Å². The first-order valence-electron chi connectivity index (χ1n) is 3.86. The standard InChI is InChI=1S/C8H17NO/c1-8(2)6-9(3)4-5-10-7-8/h4-7H2,1-3H3. The van der Waals surface area contributed by atoms with Gasteiger partial charge in [-0.05, 0) is 7.05 Å². The summed E-state index contributed by atoms with van der Waals surface area (Å²) in [6.45, 7) is 8.50. The Labute approximate surface area is 63.2 Å². The molecule has 0 aromatic heterocycles. The van der Waals surface area contributed by atoms with Gasteiger partial charge in [-0.15, -0.1) is 0 Å². The highest BCUT2D eigenvalue weighted by atomic mass is 16.5. The van der Waals surface area contributed by atoms with Gasteiger partial charge in [0, 0.05) is 18.5 Å². The van der Waals surface area contributed by atoms with Gasteiger partial charge in [-0.2, -0.15) is 0 Å². The van der Waals surface area contributed by atoms with Gasteiger partial charge in [0.05, 0.1) is 13.2 Å². The first-order chi connectivity index (χ1) is 4.60. The molecule has 0 atom stereocenters. The molecule has 0 aromatic carbocycles. The van der Waals surface area contributed by atoms with E-state index in [1.54, 1.807) is 0 Å². The fraction of sp³-hybridized carbons (Fsp3) is 1.00. The predicted octanol–water partition coefficient (Wildman–Crippen LogP) is 0.975. The molecule has 1 fully saturated rings. The third-order valence-electron chi connectivity index (χ3n) is 1.81. The lowest BCUT2D eigenvalue weighted by Gasteiger charge is -2.25. The minimum atomic E-state index is 0.339. The molecule has 10 heavy (non-hydrogen) atoms. The van der Waals surface area contributed by atoms with Gasteiger partial charge in [0.2, 0.25) is 0 Å². The number of likely N-dealkylation sites (N-methyl/N-ethyl adjacent to an activating group) is 1. The van der Waals surface area contributed by atoms with Crippen LogP contribution in [0.25, 0.3) is 0 Å². The molecule has 2 nitrogen and oxygen atoms in total. The van der Waals surface area contributed by atoms with Crippen molar-refractivity contribution in [3.8, 4) is 0 Å². The van der Waals surface area contributed by atoms with Crippen LogP contribution in [-0.4, -0.2) is 38.3 Å². The van der Waals surface area contributed by atoms with Crippen LogP contribution in [0, 0.1) is 5.41 Å².